The van der Waals surface area contributed by atoms with Crippen LogP contribution in [-0.4, -0.2) is 32.9 Å². The van der Waals surface area contributed by atoms with Crippen molar-refractivity contribution in [1.82, 2.24) is 10.1 Å². The summed E-state index contributed by atoms with van der Waals surface area (Å²) in [5, 5.41) is 14.0. The lowest BCUT2D eigenvalue weighted by Crippen LogP contribution is -2.17. The zero-order valence-electron chi connectivity index (χ0n) is 11.5. The van der Waals surface area contributed by atoms with Crippen LogP contribution in [0.2, 0.25) is 0 Å². The van der Waals surface area contributed by atoms with Gasteiger partial charge < -0.3 is 9.63 Å². The van der Waals surface area contributed by atoms with Gasteiger partial charge in [0.15, 0.2) is 5.82 Å². The monoisotopic (exact) mass is 270 g/mol. The Hall–Kier alpha value is -0.550. The Morgan fingerprint density at radius 1 is 1.22 bits per heavy atom. The van der Waals surface area contributed by atoms with Crippen LogP contribution in [0.1, 0.15) is 51.2 Å². The van der Waals surface area contributed by atoms with Crippen LogP contribution in [0.3, 0.4) is 0 Å². The molecule has 1 N–H and O–H groups in total. The zero-order valence-corrected chi connectivity index (χ0v) is 12.3. The van der Waals surface area contributed by atoms with E-state index < -0.39 is 0 Å². The molecule has 2 rings (SSSR count). The number of nitrogens with zero attached hydrogens (tertiary/aromatic N) is 2. The van der Waals surface area contributed by atoms with Gasteiger partial charge in [0.1, 0.15) is 0 Å². The molecule has 1 fully saturated rings. The number of aromatic nitrogens is 2. The Labute approximate surface area is 113 Å². The Bertz CT molecular complexity index is 384. The molecule has 0 bridgehead atoms. The molecule has 1 aliphatic rings. The van der Waals surface area contributed by atoms with E-state index in [1.165, 1.54) is 0 Å². The van der Waals surface area contributed by atoms with Gasteiger partial charge in [0.2, 0.25) is 5.89 Å². The van der Waals surface area contributed by atoms with Crippen LogP contribution >= 0.6 is 11.8 Å². The second-order valence-corrected chi connectivity index (χ2v) is 6.79. The molecule has 1 aliphatic heterocycles. The SMILES string of the molecule is CC(C)C(c1noc(C2CSCC2O)n1)C(C)C. The predicted molar refractivity (Wildman–Crippen MR) is 72.8 cm³/mol. The lowest BCUT2D eigenvalue weighted by Gasteiger charge is -2.20. The van der Waals surface area contributed by atoms with Crippen molar-refractivity contribution in [3.8, 4) is 0 Å². The lowest BCUT2D eigenvalue weighted by molar-refractivity contribution is 0.164. The molecule has 1 saturated heterocycles. The highest BCUT2D eigenvalue weighted by atomic mass is 32.2. The van der Waals surface area contributed by atoms with Crippen LogP contribution < -0.4 is 0 Å². The maximum atomic E-state index is 9.86. The molecular weight excluding hydrogens is 248 g/mol. The summed E-state index contributed by atoms with van der Waals surface area (Å²) < 4.78 is 5.37. The second-order valence-electron chi connectivity index (χ2n) is 5.72. The van der Waals surface area contributed by atoms with E-state index in [1.54, 1.807) is 11.8 Å². The lowest BCUT2D eigenvalue weighted by atomic mass is 9.85. The first-order valence-corrected chi connectivity index (χ1v) is 7.75. The predicted octanol–water partition coefficient (Wildman–Crippen LogP) is 2.66. The Balaban J connectivity index is 2.18. The van der Waals surface area contributed by atoms with Crippen molar-refractivity contribution in [3.05, 3.63) is 11.7 Å². The summed E-state index contributed by atoms with van der Waals surface area (Å²) in [7, 11) is 0. The normalized spacial score (nSPS) is 24.7. The Morgan fingerprint density at radius 2 is 1.89 bits per heavy atom. The van der Waals surface area contributed by atoms with Gasteiger partial charge in [-0.3, -0.25) is 0 Å². The maximum Gasteiger partial charge on any atom is 0.233 e. The van der Waals surface area contributed by atoms with Crippen molar-refractivity contribution >= 4 is 11.8 Å². The van der Waals surface area contributed by atoms with Gasteiger partial charge in [0.25, 0.3) is 0 Å². The van der Waals surface area contributed by atoms with E-state index in [0.717, 1.165) is 17.3 Å². The highest BCUT2D eigenvalue weighted by molar-refractivity contribution is 7.99. The smallest absolute Gasteiger partial charge is 0.233 e. The standard InChI is InChI=1S/C13H22N2O2S/c1-7(2)11(8(3)4)12-14-13(17-15-12)9-5-18-6-10(9)16/h7-11,16H,5-6H2,1-4H3. The first-order chi connectivity index (χ1) is 8.50. The van der Waals surface area contributed by atoms with E-state index in [0.29, 0.717) is 23.6 Å². The van der Waals surface area contributed by atoms with Crippen molar-refractivity contribution in [2.75, 3.05) is 11.5 Å². The molecule has 4 nitrogen and oxygen atoms in total. The summed E-state index contributed by atoms with van der Waals surface area (Å²) in [6.07, 6.45) is -0.347. The molecule has 102 valence electrons. The largest absolute Gasteiger partial charge is 0.391 e. The molecule has 2 atom stereocenters. The molecule has 0 spiro atoms. The van der Waals surface area contributed by atoms with Crippen LogP contribution in [0.5, 0.6) is 0 Å². The Kier molecular flexibility index (Phi) is 4.33. The van der Waals surface area contributed by atoms with Crippen LogP contribution in [0.15, 0.2) is 4.52 Å². The van der Waals surface area contributed by atoms with Gasteiger partial charge in [0.05, 0.1) is 12.0 Å². The first kappa shape index (κ1) is 13.9. The molecule has 0 aliphatic carbocycles. The van der Waals surface area contributed by atoms with E-state index in [1.807, 2.05) is 0 Å². The molecule has 2 heterocycles. The number of aliphatic hydroxyl groups excluding tert-OH is 1. The minimum atomic E-state index is -0.347. The quantitative estimate of drug-likeness (QED) is 0.911. The van der Waals surface area contributed by atoms with Crippen molar-refractivity contribution in [2.45, 2.75) is 45.6 Å². The van der Waals surface area contributed by atoms with Crippen molar-refractivity contribution in [2.24, 2.45) is 11.8 Å². The van der Waals surface area contributed by atoms with Crippen LogP contribution in [0.25, 0.3) is 0 Å². The maximum absolute atomic E-state index is 9.86. The molecule has 0 radical (unpaired) electrons. The van der Waals surface area contributed by atoms with Crippen LogP contribution in [0.4, 0.5) is 0 Å². The number of aliphatic hydroxyl groups is 1. The summed E-state index contributed by atoms with van der Waals surface area (Å²) in [5.74, 6) is 4.33. The third-order valence-corrected chi connectivity index (χ3v) is 4.73. The Morgan fingerprint density at radius 3 is 2.39 bits per heavy atom. The summed E-state index contributed by atoms with van der Waals surface area (Å²) >= 11 is 1.74. The molecule has 2 unspecified atom stereocenters. The minimum absolute atomic E-state index is 0.0104. The topological polar surface area (TPSA) is 59.2 Å². The summed E-state index contributed by atoms with van der Waals surface area (Å²) in [5.41, 5.74) is 0. The van der Waals surface area contributed by atoms with E-state index in [4.69, 9.17) is 4.52 Å². The van der Waals surface area contributed by atoms with E-state index in [-0.39, 0.29) is 12.0 Å². The summed E-state index contributed by atoms with van der Waals surface area (Å²) in [6.45, 7) is 8.73. The average Bonchev–Trinajstić information content (AvgIpc) is 2.85. The minimum Gasteiger partial charge on any atom is -0.391 e. The number of thioether (sulfide) groups is 1. The molecule has 0 saturated carbocycles. The summed E-state index contributed by atoms with van der Waals surface area (Å²) in [6, 6.07) is 0. The van der Waals surface area contributed by atoms with Gasteiger partial charge in [-0.25, -0.2) is 0 Å². The van der Waals surface area contributed by atoms with Gasteiger partial charge in [-0.15, -0.1) is 0 Å². The van der Waals surface area contributed by atoms with Gasteiger partial charge in [-0.05, 0) is 11.8 Å². The van der Waals surface area contributed by atoms with Gasteiger partial charge >= 0.3 is 0 Å². The first-order valence-electron chi connectivity index (χ1n) is 6.60. The number of hydrogen-bond donors (Lipinski definition) is 1. The summed E-state index contributed by atoms with van der Waals surface area (Å²) in [4.78, 5) is 4.53. The van der Waals surface area contributed by atoms with Gasteiger partial charge in [-0.1, -0.05) is 32.9 Å². The number of rotatable bonds is 4. The average molecular weight is 270 g/mol. The highest BCUT2D eigenvalue weighted by Crippen LogP contribution is 2.34. The number of hydrogen-bond acceptors (Lipinski definition) is 5. The van der Waals surface area contributed by atoms with Crippen molar-refractivity contribution in [3.63, 3.8) is 0 Å². The zero-order chi connectivity index (χ0) is 13.3. The molecule has 18 heavy (non-hydrogen) atoms. The fourth-order valence-corrected chi connectivity index (χ4v) is 3.91. The molecular formula is C13H22N2O2S. The third kappa shape index (κ3) is 2.72. The molecule has 1 aromatic rings. The highest BCUT2D eigenvalue weighted by Gasteiger charge is 2.33. The van der Waals surface area contributed by atoms with Crippen molar-refractivity contribution < 1.29 is 9.63 Å². The third-order valence-electron chi connectivity index (χ3n) is 3.56. The second kappa shape index (κ2) is 5.61. The fraction of sp³-hybridized carbons (Fsp3) is 0.846. The van der Waals surface area contributed by atoms with Crippen molar-refractivity contribution in [1.29, 1.82) is 0 Å². The van der Waals surface area contributed by atoms with Crippen LogP contribution in [-0.2, 0) is 0 Å². The van der Waals surface area contributed by atoms with E-state index in [2.05, 4.69) is 37.8 Å². The van der Waals surface area contributed by atoms with Gasteiger partial charge in [-0.2, -0.15) is 16.7 Å². The van der Waals surface area contributed by atoms with E-state index in [9.17, 15) is 5.11 Å². The van der Waals surface area contributed by atoms with Gasteiger partial charge in [0, 0.05) is 17.4 Å². The molecule has 1 aromatic heterocycles. The molecule has 0 aromatic carbocycles. The van der Waals surface area contributed by atoms with Crippen LogP contribution in [0, 0.1) is 11.8 Å². The molecule has 5 heteroatoms. The fourth-order valence-electron chi connectivity index (χ4n) is 2.68. The van der Waals surface area contributed by atoms with E-state index >= 15 is 0 Å². The molecule has 0 amide bonds.